The maximum atomic E-state index is 12.9. The highest BCUT2D eigenvalue weighted by Crippen LogP contribution is 2.20. The van der Waals surface area contributed by atoms with E-state index in [1.807, 2.05) is 91.1 Å². The van der Waals surface area contributed by atoms with Crippen molar-refractivity contribution in [3.63, 3.8) is 0 Å². The van der Waals surface area contributed by atoms with Crippen molar-refractivity contribution in [2.45, 2.75) is 26.9 Å². The van der Waals surface area contributed by atoms with Gasteiger partial charge in [0.1, 0.15) is 0 Å². The van der Waals surface area contributed by atoms with Crippen molar-refractivity contribution < 1.29 is 9.59 Å². The first-order valence-electron chi connectivity index (χ1n) is 11.9. The summed E-state index contributed by atoms with van der Waals surface area (Å²) < 4.78 is 1.93. The highest BCUT2D eigenvalue weighted by molar-refractivity contribution is 6.04. The number of para-hydroxylation sites is 2. The van der Waals surface area contributed by atoms with Gasteiger partial charge in [-0.3, -0.25) is 14.5 Å². The van der Waals surface area contributed by atoms with Gasteiger partial charge in [0.05, 0.1) is 29.2 Å². The molecule has 7 nitrogen and oxygen atoms in total. The highest BCUT2D eigenvalue weighted by atomic mass is 16.2. The fourth-order valence-corrected chi connectivity index (χ4v) is 4.15. The first-order valence-corrected chi connectivity index (χ1v) is 11.9. The van der Waals surface area contributed by atoms with Crippen molar-refractivity contribution in [3.05, 3.63) is 113 Å². The smallest absolute Gasteiger partial charge is 0.253 e. The van der Waals surface area contributed by atoms with E-state index >= 15 is 0 Å². The van der Waals surface area contributed by atoms with Crippen LogP contribution in [0.25, 0.3) is 5.69 Å². The van der Waals surface area contributed by atoms with Gasteiger partial charge in [-0.15, -0.1) is 0 Å². The Labute approximate surface area is 211 Å². The predicted molar refractivity (Wildman–Crippen MR) is 142 cm³/mol. The minimum Gasteiger partial charge on any atom is -0.348 e. The third-order valence-corrected chi connectivity index (χ3v) is 6.03. The Kier molecular flexibility index (Phi) is 7.92. The van der Waals surface area contributed by atoms with E-state index in [1.165, 1.54) is 0 Å². The number of amides is 2. The molecule has 4 rings (SSSR count). The van der Waals surface area contributed by atoms with Crippen molar-refractivity contribution in [2.75, 3.05) is 18.9 Å². The number of benzene rings is 3. The summed E-state index contributed by atoms with van der Waals surface area (Å²) in [5.41, 5.74) is 6.01. The number of carbonyl (C=O) groups excluding carboxylic acids is 2. The zero-order valence-corrected chi connectivity index (χ0v) is 20.9. The van der Waals surface area contributed by atoms with Gasteiger partial charge in [0.15, 0.2) is 0 Å². The number of aryl methyl sites for hydroxylation is 1. The van der Waals surface area contributed by atoms with Crippen LogP contribution in [0.3, 0.4) is 0 Å². The van der Waals surface area contributed by atoms with Crippen LogP contribution in [0.15, 0.2) is 84.9 Å². The second-order valence-electron chi connectivity index (χ2n) is 8.83. The lowest BCUT2D eigenvalue weighted by Gasteiger charge is -2.18. The number of hydrogen-bond acceptors (Lipinski definition) is 4. The Morgan fingerprint density at radius 1 is 0.889 bits per heavy atom. The zero-order valence-electron chi connectivity index (χ0n) is 20.9. The molecule has 0 saturated carbocycles. The molecule has 0 unspecified atom stereocenters. The summed E-state index contributed by atoms with van der Waals surface area (Å²) in [6, 6.07) is 26.8. The van der Waals surface area contributed by atoms with Gasteiger partial charge in [-0.25, -0.2) is 4.68 Å². The number of likely N-dealkylation sites (N-methyl/N-ethyl adjacent to an activating group) is 1. The maximum absolute atomic E-state index is 12.9. The summed E-state index contributed by atoms with van der Waals surface area (Å²) in [4.78, 5) is 27.6. The molecule has 0 spiro atoms. The highest BCUT2D eigenvalue weighted by Gasteiger charge is 2.17. The minimum absolute atomic E-state index is 0.176. The lowest BCUT2D eigenvalue weighted by Crippen LogP contribution is -2.31. The molecule has 2 amide bonds. The van der Waals surface area contributed by atoms with Crippen LogP contribution in [0.5, 0.6) is 0 Å². The summed E-state index contributed by atoms with van der Waals surface area (Å²) in [5.74, 6) is -0.422. The van der Waals surface area contributed by atoms with Gasteiger partial charge in [-0.05, 0) is 50.7 Å². The van der Waals surface area contributed by atoms with E-state index in [9.17, 15) is 9.59 Å². The van der Waals surface area contributed by atoms with Crippen LogP contribution in [0, 0.1) is 13.8 Å². The molecule has 7 heteroatoms. The Bertz CT molecular complexity index is 1330. The van der Waals surface area contributed by atoms with Gasteiger partial charge < -0.3 is 10.6 Å². The zero-order chi connectivity index (χ0) is 25.5. The van der Waals surface area contributed by atoms with Crippen LogP contribution in [-0.4, -0.2) is 40.1 Å². The molecule has 3 aromatic carbocycles. The molecule has 0 aliphatic carbocycles. The molecule has 36 heavy (non-hydrogen) atoms. The van der Waals surface area contributed by atoms with E-state index in [2.05, 4.69) is 10.6 Å². The molecule has 0 fully saturated rings. The van der Waals surface area contributed by atoms with Crippen LogP contribution in [0.4, 0.5) is 5.69 Å². The van der Waals surface area contributed by atoms with Crippen molar-refractivity contribution >= 4 is 17.5 Å². The molecule has 0 aliphatic heterocycles. The first-order chi connectivity index (χ1) is 17.4. The fraction of sp³-hybridized carbons (Fsp3) is 0.207. The second-order valence-corrected chi connectivity index (χ2v) is 8.83. The van der Waals surface area contributed by atoms with Crippen molar-refractivity contribution in [1.29, 1.82) is 0 Å². The van der Waals surface area contributed by atoms with Crippen LogP contribution in [0.2, 0.25) is 0 Å². The number of nitrogens with zero attached hydrogens (tertiary/aromatic N) is 3. The lowest BCUT2D eigenvalue weighted by atomic mass is 10.1. The Balaban J connectivity index is 1.38. The molecule has 0 bridgehead atoms. The monoisotopic (exact) mass is 481 g/mol. The molecule has 184 valence electrons. The van der Waals surface area contributed by atoms with Crippen LogP contribution < -0.4 is 10.6 Å². The largest absolute Gasteiger partial charge is 0.348 e. The van der Waals surface area contributed by atoms with E-state index in [4.69, 9.17) is 5.10 Å². The predicted octanol–water partition coefficient (Wildman–Crippen LogP) is 4.49. The molecule has 0 radical (unpaired) electrons. The van der Waals surface area contributed by atoms with Gasteiger partial charge in [0, 0.05) is 24.3 Å². The third-order valence-electron chi connectivity index (χ3n) is 6.03. The molecule has 0 saturated heterocycles. The molecule has 4 aromatic rings. The van der Waals surface area contributed by atoms with Gasteiger partial charge in [0.25, 0.3) is 5.91 Å². The number of hydrogen-bond donors (Lipinski definition) is 2. The van der Waals surface area contributed by atoms with E-state index in [1.54, 1.807) is 24.3 Å². The second kappa shape index (κ2) is 11.5. The Morgan fingerprint density at radius 2 is 1.53 bits per heavy atom. The summed E-state index contributed by atoms with van der Waals surface area (Å²) >= 11 is 0. The lowest BCUT2D eigenvalue weighted by molar-refractivity contribution is -0.117. The van der Waals surface area contributed by atoms with Gasteiger partial charge >= 0.3 is 0 Å². The molecule has 1 heterocycles. The van der Waals surface area contributed by atoms with Crippen molar-refractivity contribution in [3.8, 4) is 5.69 Å². The van der Waals surface area contributed by atoms with Crippen LogP contribution in [-0.2, 0) is 17.9 Å². The minimum atomic E-state index is -0.234. The van der Waals surface area contributed by atoms with Crippen LogP contribution in [0.1, 0.15) is 32.9 Å². The Morgan fingerprint density at radius 3 is 2.25 bits per heavy atom. The molecule has 1 aromatic heterocycles. The number of aromatic nitrogens is 2. The molecule has 0 aliphatic rings. The SMILES string of the molecule is Cc1nn(-c2ccccc2)c(C)c1CN(C)CC(=O)Nc1ccccc1C(=O)NCc1ccccc1. The van der Waals surface area contributed by atoms with E-state index in [0.29, 0.717) is 24.3 Å². The van der Waals surface area contributed by atoms with Crippen molar-refractivity contribution in [1.82, 2.24) is 20.0 Å². The van der Waals surface area contributed by atoms with Gasteiger partial charge in [0.2, 0.25) is 5.91 Å². The number of nitrogens with one attached hydrogen (secondary N) is 2. The average Bonchev–Trinajstić information content (AvgIpc) is 3.17. The number of anilines is 1. The summed E-state index contributed by atoms with van der Waals surface area (Å²) in [7, 11) is 1.90. The molecule has 0 atom stereocenters. The maximum Gasteiger partial charge on any atom is 0.253 e. The number of carbonyl (C=O) groups is 2. The quantitative estimate of drug-likeness (QED) is 0.369. The van der Waals surface area contributed by atoms with E-state index in [0.717, 1.165) is 28.2 Å². The standard InChI is InChI=1S/C29H31N5O2/c1-21-26(22(2)34(32-21)24-14-8-5-9-15-24)19-33(3)20-28(35)31-27-17-11-10-16-25(27)29(36)30-18-23-12-6-4-7-13-23/h4-17H,18-20H2,1-3H3,(H,30,36)(H,31,35). The Hall–Kier alpha value is -4.23. The summed E-state index contributed by atoms with van der Waals surface area (Å²) in [6.45, 7) is 5.20. The van der Waals surface area contributed by atoms with E-state index < -0.39 is 0 Å². The summed E-state index contributed by atoms with van der Waals surface area (Å²) in [6.07, 6.45) is 0. The van der Waals surface area contributed by atoms with Gasteiger partial charge in [-0.1, -0.05) is 60.7 Å². The average molecular weight is 482 g/mol. The third kappa shape index (κ3) is 6.06. The molecular weight excluding hydrogens is 450 g/mol. The summed E-state index contributed by atoms with van der Waals surface area (Å²) in [5, 5.41) is 10.5. The fourth-order valence-electron chi connectivity index (χ4n) is 4.15. The van der Waals surface area contributed by atoms with Gasteiger partial charge in [-0.2, -0.15) is 5.10 Å². The molecule has 2 N–H and O–H groups in total. The molecular formula is C29H31N5O2. The van der Waals surface area contributed by atoms with Crippen molar-refractivity contribution in [2.24, 2.45) is 0 Å². The topological polar surface area (TPSA) is 79.3 Å². The first kappa shape index (κ1) is 24.9. The van der Waals surface area contributed by atoms with Crippen LogP contribution >= 0.6 is 0 Å². The van der Waals surface area contributed by atoms with E-state index in [-0.39, 0.29) is 18.4 Å². The normalized spacial score (nSPS) is 10.9. The number of rotatable bonds is 9.